The number of hydrogen-bond donors (Lipinski definition) is 1. The van der Waals surface area contributed by atoms with E-state index in [2.05, 4.69) is 79.8 Å². The largest absolute Gasteiger partial charge is 0.383 e. The molecule has 12 rings (SSSR count). The van der Waals surface area contributed by atoms with Gasteiger partial charge in [0.15, 0.2) is 11.3 Å². The second kappa shape index (κ2) is 20.1. The first-order valence-electron chi connectivity index (χ1n) is 24.3. The van der Waals surface area contributed by atoms with E-state index in [9.17, 15) is 17.6 Å². The van der Waals surface area contributed by atoms with Crippen molar-refractivity contribution in [3.05, 3.63) is 148 Å². The van der Waals surface area contributed by atoms with Gasteiger partial charge in [-0.05, 0) is 85.6 Å². The van der Waals surface area contributed by atoms with Crippen molar-refractivity contribution in [2.75, 3.05) is 85.7 Å². The molecule has 6 aromatic heterocycles. The Labute approximate surface area is 426 Å². The van der Waals surface area contributed by atoms with Crippen LogP contribution in [-0.2, 0) is 20.3 Å². The van der Waals surface area contributed by atoms with Gasteiger partial charge in [-0.15, -0.1) is 0 Å². The minimum absolute atomic E-state index is 0.152. The Balaban J connectivity index is 0.000000139. The zero-order chi connectivity index (χ0) is 51.2. The van der Waals surface area contributed by atoms with Gasteiger partial charge in [0.2, 0.25) is 0 Å². The molecule has 0 spiro atoms. The zero-order valence-electron chi connectivity index (χ0n) is 41.5. The predicted octanol–water partition coefficient (Wildman–Crippen LogP) is 11.7. The smallest absolute Gasteiger partial charge is 0.161 e. The van der Waals surface area contributed by atoms with Crippen molar-refractivity contribution in [1.29, 1.82) is 0 Å². The van der Waals surface area contributed by atoms with E-state index in [-0.39, 0.29) is 10.8 Å². The third-order valence-electron chi connectivity index (χ3n) is 13.8. The van der Waals surface area contributed by atoms with Crippen LogP contribution in [0, 0.1) is 37.1 Å². The quantitative estimate of drug-likeness (QED) is 0.165. The Morgan fingerprint density at radius 2 is 1.08 bits per heavy atom. The molecule has 1 N–H and O–H groups in total. The Kier molecular flexibility index (Phi) is 13.7. The Hall–Kier alpha value is -7.01. The van der Waals surface area contributed by atoms with Crippen molar-refractivity contribution in [2.24, 2.45) is 0 Å². The molecule has 10 heterocycles. The molecule has 0 saturated carbocycles. The summed E-state index contributed by atoms with van der Waals surface area (Å²) < 4.78 is 65.9. The van der Waals surface area contributed by atoms with Crippen LogP contribution in [0.3, 0.4) is 0 Å². The number of rotatable bonds is 5. The number of fused-ring (bicyclic) bond motifs is 4. The van der Waals surface area contributed by atoms with Crippen LogP contribution in [0.5, 0.6) is 0 Å². The van der Waals surface area contributed by atoms with E-state index in [1.807, 2.05) is 31.5 Å². The first-order chi connectivity index (χ1) is 35.0. The summed E-state index contributed by atoms with van der Waals surface area (Å²) in [6.45, 7) is 20.8. The van der Waals surface area contributed by atoms with Crippen LogP contribution < -0.4 is 20.0 Å². The molecule has 17 heteroatoms. The topological polar surface area (TPSA) is 118 Å². The summed E-state index contributed by atoms with van der Waals surface area (Å²) in [4.78, 5) is 34.2. The van der Waals surface area contributed by atoms with E-state index in [1.54, 1.807) is 31.5 Å². The Morgan fingerprint density at radius 3 is 1.64 bits per heavy atom. The number of hydrogen-bond acceptors (Lipinski definition) is 12. The highest BCUT2D eigenvalue weighted by atomic mass is 35.5. The molecule has 0 atom stereocenters. The molecule has 2 aromatic carbocycles. The fourth-order valence-corrected chi connectivity index (χ4v) is 10.3. The molecular weight excluding hydrogens is 956 g/mol. The predicted molar refractivity (Wildman–Crippen MR) is 280 cm³/mol. The molecule has 4 aliphatic heterocycles. The minimum atomic E-state index is -0.654. The highest BCUT2D eigenvalue weighted by Gasteiger charge is 2.40. The van der Waals surface area contributed by atoms with Gasteiger partial charge in [-0.3, -0.25) is 9.97 Å². The van der Waals surface area contributed by atoms with E-state index >= 15 is 0 Å². The molecular formula is C56H55ClF4N10O2. The summed E-state index contributed by atoms with van der Waals surface area (Å²) in [5, 5.41) is 5.54. The molecule has 73 heavy (non-hydrogen) atoms. The maximum Gasteiger partial charge on any atom is 0.161 e. The van der Waals surface area contributed by atoms with Crippen LogP contribution in [0.15, 0.2) is 97.6 Å². The third kappa shape index (κ3) is 10.1. The number of pyridine rings is 6. The van der Waals surface area contributed by atoms with E-state index in [0.29, 0.717) is 69.5 Å². The fraction of sp³-hybridized carbons (Fsp3) is 0.321. The number of morpholine rings is 2. The van der Waals surface area contributed by atoms with Crippen molar-refractivity contribution in [2.45, 2.75) is 52.4 Å². The average molecular weight is 1010 g/mol. The summed E-state index contributed by atoms with van der Waals surface area (Å²) >= 11 is 6.29. The van der Waals surface area contributed by atoms with E-state index in [1.165, 1.54) is 41.3 Å². The van der Waals surface area contributed by atoms with Gasteiger partial charge < -0.3 is 29.5 Å². The summed E-state index contributed by atoms with van der Waals surface area (Å²) in [7, 11) is 0. The van der Waals surface area contributed by atoms with Crippen LogP contribution in [0.2, 0.25) is 5.02 Å². The number of nitrogens with one attached hydrogen (secondary N) is 1. The van der Waals surface area contributed by atoms with Gasteiger partial charge in [-0.2, -0.15) is 0 Å². The van der Waals surface area contributed by atoms with E-state index in [4.69, 9.17) is 31.0 Å². The first kappa shape index (κ1) is 49.6. The highest BCUT2D eigenvalue weighted by Crippen LogP contribution is 2.48. The van der Waals surface area contributed by atoms with Gasteiger partial charge in [-0.1, -0.05) is 39.3 Å². The van der Waals surface area contributed by atoms with Gasteiger partial charge in [0.05, 0.1) is 95.1 Å². The van der Waals surface area contributed by atoms with Gasteiger partial charge >= 0.3 is 0 Å². The maximum absolute atomic E-state index is 14.2. The summed E-state index contributed by atoms with van der Waals surface area (Å²) in [6, 6.07) is 18.7. The lowest BCUT2D eigenvalue weighted by Crippen LogP contribution is -2.36. The van der Waals surface area contributed by atoms with Crippen molar-refractivity contribution in [3.63, 3.8) is 0 Å². The Morgan fingerprint density at radius 1 is 0.589 bits per heavy atom. The van der Waals surface area contributed by atoms with Crippen molar-refractivity contribution in [3.8, 4) is 22.5 Å². The summed E-state index contributed by atoms with van der Waals surface area (Å²) in [6.07, 6.45) is 7.23. The van der Waals surface area contributed by atoms with Crippen LogP contribution in [0.4, 0.5) is 46.0 Å². The second-order valence-corrected chi connectivity index (χ2v) is 20.3. The molecule has 0 amide bonds. The van der Waals surface area contributed by atoms with Crippen LogP contribution >= 0.6 is 11.6 Å². The van der Waals surface area contributed by atoms with Gasteiger partial charge in [0.25, 0.3) is 0 Å². The molecule has 0 unspecified atom stereocenters. The molecule has 0 aliphatic carbocycles. The lowest BCUT2D eigenvalue weighted by atomic mass is 9.91. The lowest BCUT2D eigenvalue weighted by molar-refractivity contribution is 0.122. The number of aromatic nitrogens is 6. The number of halogens is 5. The van der Waals surface area contributed by atoms with Gasteiger partial charge in [0, 0.05) is 96.5 Å². The van der Waals surface area contributed by atoms with Crippen LogP contribution in [0.1, 0.15) is 50.2 Å². The standard InChI is InChI=1S/C28H27F2N5O.C15H9ClF2N2.C13H19N3O/c1-17-24(18-11-19(29)13-20(30)12-18)33-27-22(5-4-6-31-27)25(17)35-16-28(2,3)26-23(35)14-21(15-32-26)34-7-9-36-10-8-34;1-8-13(16)12-3-2-4-19-15(12)20-14(8)9-5-10(17)7-11(18)6-9;1-13(2)9-15-11-7-10(8-14-12(11)13)16-3-5-17-6-4-16/h4-6,11-15H,7-10,16H2,1-3H3;2-7H,1H3;7-8,15H,3-6,9H2,1-2H3. The molecule has 376 valence electrons. The molecule has 8 aromatic rings. The molecule has 0 radical (unpaired) electrons. The number of anilines is 5. The third-order valence-corrected chi connectivity index (χ3v) is 14.3. The second-order valence-electron chi connectivity index (χ2n) is 20.0. The van der Waals surface area contributed by atoms with Gasteiger partial charge in [0.1, 0.15) is 23.3 Å². The van der Waals surface area contributed by atoms with Crippen molar-refractivity contribution >= 4 is 62.1 Å². The number of nitrogens with zero attached hydrogens (tertiary/aromatic N) is 9. The zero-order valence-corrected chi connectivity index (χ0v) is 42.3. The van der Waals surface area contributed by atoms with Crippen LogP contribution in [0.25, 0.3) is 44.6 Å². The summed E-state index contributed by atoms with van der Waals surface area (Å²) in [5.41, 5.74) is 11.7. The molecule has 0 bridgehead atoms. The fourth-order valence-electron chi connectivity index (χ4n) is 10.1. The highest BCUT2D eigenvalue weighted by molar-refractivity contribution is 6.36. The molecule has 2 saturated heterocycles. The molecule has 4 aliphatic rings. The van der Waals surface area contributed by atoms with Gasteiger partial charge in [-0.25, -0.2) is 37.5 Å². The minimum Gasteiger partial charge on any atom is -0.383 e. The van der Waals surface area contributed by atoms with Crippen molar-refractivity contribution in [1.82, 2.24) is 29.9 Å². The molecule has 12 nitrogen and oxygen atoms in total. The lowest BCUT2D eigenvalue weighted by Gasteiger charge is -2.30. The van der Waals surface area contributed by atoms with E-state index < -0.39 is 23.3 Å². The average Bonchev–Trinajstić information content (AvgIpc) is 3.84. The molecule has 2 fully saturated rings. The maximum atomic E-state index is 14.2. The summed E-state index contributed by atoms with van der Waals surface area (Å²) in [5.74, 6) is -2.58. The Bertz CT molecular complexity index is 3340. The van der Waals surface area contributed by atoms with Crippen molar-refractivity contribution < 1.29 is 27.0 Å². The van der Waals surface area contributed by atoms with Crippen LogP contribution in [-0.4, -0.2) is 95.6 Å². The number of benzene rings is 2. The first-order valence-corrected chi connectivity index (χ1v) is 24.7. The monoisotopic (exact) mass is 1010 g/mol. The normalized spacial score (nSPS) is 16.6. The van der Waals surface area contributed by atoms with E-state index in [0.717, 1.165) is 91.8 Å². The SMILES string of the molecule is CC1(C)CNc2cc(N3CCOCC3)cnc21.Cc1c(-c2cc(F)cc(F)c2)nc2ncccc2c1Cl.Cc1c(-c2cc(F)cc(F)c2)nc2ncccc2c1N1CC(C)(C)c2ncc(N3CCOCC3)cc21. The number of ether oxygens (including phenoxy) is 2.